The van der Waals surface area contributed by atoms with Crippen LogP contribution in [0.25, 0.3) is 0 Å². The van der Waals surface area contributed by atoms with Gasteiger partial charge in [-0.15, -0.1) is 6.10 Å². The van der Waals surface area contributed by atoms with E-state index in [0.717, 1.165) is 0 Å². The summed E-state index contributed by atoms with van der Waals surface area (Å²) in [6, 6.07) is 0. The zero-order valence-corrected chi connectivity index (χ0v) is 11.4. The standard InChI is InChI=1S/C3H7O.C2H6O2.2CH4.Rb/c1-3(2)4;1-2(3)4;;;/h3H,1-2H3;2-4H,1H3;2*1H4;/q-1;;;;+1. The zero-order chi connectivity index (χ0) is 7.15. The maximum Gasteiger partial charge on any atom is 1.00 e. The zero-order valence-electron chi connectivity index (χ0n) is 6.46. The van der Waals surface area contributed by atoms with Crippen molar-refractivity contribution < 1.29 is 73.5 Å². The molecule has 0 aliphatic rings. The maximum absolute atomic E-state index is 9.53. The molecule has 2 N–H and O–H groups in total. The van der Waals surface area contributed by atoms with E-state index in [-0.39, 0.29) is 73.0 Å². The molecule has 0 amide bonds. The van der Waals surface area contributed by atoms with Gasteiger partial charge < -0.3 is 15.3 Å². The first-order valence-corrected chi connectivity index (χ1v) is 2.48. The van der Waals surface area contributed by atoms with Gasteiger partial charge in [-0.05, 0) is 6.92 Å². The third-order valence-electron chi connectivity index (χ3n) is 0. The molecule has 0 saturated heterocycles. The van der Waals surface area contributed by atoms with Gasteiger partial charge in [-0.1, -0.05) is 28.7 Å². The summed E-state index contributed by atoms with van der Waals surface area (Å²) in [6.07, 6.45) is -1.58. The normalized spacial score (nSPS) is 6.55. The van der Waals surface area contributed by atoms with E-state index < -0.39 is 12.4 Å². The molecule has 4 heteroatoms. The van der Waals surface area contributed by atoms with Crippen LogP contribution in [-0.4, -0.2) is 22.6 Å². The second kappa shape index (κ2) is 22.6. The molecule has 0 aromatic heterocycles. The van der Waals surface area contributed by atoms with Gasteiger partial charge in [0.15, 0.2) is 0 Å². The third kappa shape index (κ3) is 386. The molecule has 0 heterocycles. The van der Waals surface area contributed by atoms with Crippen LogP contribution in [0.3, 0.4) is 0 Å². The number of aliphatic hydroxyl groups is 2. The molecule has 0 spiro atoms. The third-order valence-corrected chi connectivity index (χ3v) is 0. The minimum absolute atomic E-state index is 0. The van der Waals surface area contributed by atoms with Gasteiger partial charge in [-0.25, -0.2) is 0 Å². The first-order chi connectivity index (χ1) is 3.46. The molecule has 0 rings (SSSR count). The molecule has 0 aliphatic carbocycles. The smallest absolute Gasteiger partial charge is 0.852 e. The van der Waals surface area contributed by atoms with Gasteiger partial charge in [0.1, 0.15) is 6.29 Å². The van der Waals surface area contributed by atoms with E-state index in [2.05, 4.69) is 0 Å². The predicted molar refractivity (Wildman–Crippen MR) is 42.5 cm³/mol. The molecular formula is C7H21O3Rb. The second-order valence-electron chi connectivity index (χ2n) is 1.68. The van der Waals surface area contributed by atoms with Crippen LogP contribution in [0.5, 0.6) is 0 Å². The number of hydrogen-bond donors (Lipinski definition) is 2. The fourth-order valence-corrected chi connectivity index (χ4v) is 0. The predicted octanol–water partition coefficient (Wildman–Crippen LogP) is -2.65. The summed E-state index contributed by atoms with van der Waals surface area (Å²) in [4.78, 5) is 0. The molecule has 0 atom stereocenters. The van der Waals surface area contributed by atoms with E-state index >= 15 is 0 Å². The van der Waals surface area contributed by atoms with Crippen LogP contribution in [0.2, 0.25) is 0 Å². The fraction of sp³-hybridized carbons (Fsp3) is 1.00. The molecule has 0 unspecified atom stereocenters. The average molecular weight is 239 g/mol. The van der Waals surface area contributed by atoms with E-state index in [1.807, 2.05) is 0 Å². The Morgan fingerprint density at radius 2 is 1.00 bits per heavy atom. The van der Waals surface area contributed by atoms with Crippen molar-refractivity contribution >= 4 is 0 Å². The van der Waals surface area contributed by atoms with E-state index in [4.69, 9.17) is 10.2 Å². The number of aliphatic hydroxyl groups excluding tert-OH is 1. The minimum atomic E-state index is -1.17. The molecule has 68 valence electrons. The van der Waals surface area contributed by atoms with Crippen molar-refractivity contribution in [1.29, 1.82) is 0 Å². The van der Waals surface area contributed by atoms with Crippen molar-refractivity contribution in [2.24, 2.45) is 0 Å². The summed E-state index contributed by atoms with van der Waals surface area (Å²) in [6.45, 7) is 4.50. The molecular weight excluding hydrogens is 218 g/mol. The quantitative estimate of drug-likeness (QED) is 0.453. The molecule has 0 radical (unpaired) electrons. The molecule has 11 heavy (non-hydrogen) atoms. The summed E-state index contributed by atoms with van der Waals surface area (Å²) < 4.78 is 0. The van der Waals surface area contributed by atoms with Crippen LogP contribution < -0.4 is 63.3 Å². The van der Waals surface area contributed by atoms with Gasteiger partial charge >= 0.3 is 58.2 Å². The monoisotopic (exact) mass is 238 g/mol. The van der Waals surface area contributed by atoms with Crippen molar-refractivity contribution in [3.8, 4) is 0 Å². The summed E-state index contributed by atoms with van der Waals surface area (Å²) in [7, 11) is 0. The summed E-state index contributed by atoms with van der Waals surface area (Å²) in [5.41, 5.74) is 0. The van der Waals surface area contributed by atoms with Gasteiger partial charge in [-0.2, -0.15) is 0 Å². The first-order valence-electron chi connectivity index (χ1n) is 2.48. The average Bonchev–Trinajstić information content (AvgIpc) is 1.25. The first kappa shape index (κ1) is 29.3. The van der Waals surface area contributed by atoms with Gasteiger partial charge in [0.25, 0.3) is 0 Å². The van der Waals surface area contributed by atoms with E-state index in [1.54, 1.807) is 13.8 Å². The minimum Gasteiger partial charge on any atom is -0.852 e. The van der Waals surface area contributed by atoms with E-state index in [9.17, 15) is 5.11 Å². The Morgan fingerprint density at radius 3 is 1.00 bits per heavy atom. The SMILES string of the molecule is C.C.CC(C)[O-].CC(O)O.[Rb+]. The molecule has 0 saturated carbocycles. The topological polar surface area (TPSA) is 63.5 Å². The van der Waals surface area contributed by atoms with Crippen molar-refractivity contribution in [1.82, 2.24) is 0 Å². The largest absolute Gasteiger partial charge is 1.00 e. The Balaban J connectivity index is -0.0000000171. The molecule has 0 bridgehead atoms. The Hall–Kier alpha value is 1.69. The van der Waals surface area contributed by atoms with Gasteiger partial charge in [0.05, 0.1) is 0 Å². The van der Waals surface area contributed by atoms with Crippen LogP contribution in [0.4, 0.5) is 0 Å². The van der Waals surface area contributed by atoms with E-state index in [1.165, 1.54) is 6.92 Å². The van der Waals surface area contributed by atoms with E-state index in [0.29, 0.717) is 0 Å². The van der Waals surface area contributed by atoms with Crippen molar-refractivity contribution in [2.45, 2.75) is 48.0 Å². The van der Waals surface area contributed by atoms with Gasteiger partial charge in [0.2, 0.25) is 0 Å². The summed E-state index contributed by atoms with van der Waals surface area (Å²) >= 11 is 0. The molecule has 0 aliphatic heterocycles. The molecule has 0 fully saturated rings. The van der Waals surface area contributed by atoms with Crippen LogP contribution in [-0.2, 0) is 0 Å². The van der Waals surface area contributed by atoms with Crippen LogP contribution in [0.15, 0.2) is 0 Å². The fourth-order valence-electron chi connectivity index (χ4n) is 0. The number of rotatable bonds is 0. The summed E-state index contributed by atoms with van der Waals surface area (Å²) in [5, 5.41) is 24.8. The van der Waals surface area contributed by atoms with Crippen molar-refractivity contribution in [3.63, 3.8) is 0 Å². The second-order valence-corrected chi connectivity index (χ2v) is 1.68. The number of hydrogen-bond acceptors (Lipinski definition) is 3. The Morgan fingerprint density at radius 1 is 1.00 bits per heavy atom. The van der Waals surface area contributed by atoms with Crippen molar-refractivity contribution in [2.75, 3.05) is 0 Å². The Bertz CT molecular complexity index is 29.2. The summed E-state index contributed by atoms with van der Waals surface area (Å²) in [5.74, 6) is 0. The Kier molecular flexibility index (Phi) is 60.2. The van der Waals surface area contributed by atoms with Crippen LogP contribution in [0.1, 0.15) is 35.6 Å². The maximum atomic E-state index is 9.53. The van der Waals surface area contributed by atoms with Crippen LogP contribution >= 0.6 is 0 Å². The van der Waals surface area contributed by atoms with Crippen molar-refractivity contribution in [3.05, 3.63) is 0 Å². The molecule has 0 aromatic rings. The van der Waals surface area contributed by atoms with Gasteiger partial charge in [0, 0.05) is 0 Å². The van der Waals surface area contributed by atoms with Crippen LogP contribution in [0, 0.1) is 0 Å². The Labute approximate surface area is 120 Å². The molecule has 0 aromatic carbocycles. The van der Waals surface area contributed by atoms with Gasteiger partial charge in [-0.3, -0.25) is 0 Å². The molecule has 3 nitrogen and oxygen atoms in total.